The van der Waals surface area contributed by atoms with Crippen molar-refractivity contribution >= 4 is 5.91 Å². The number of benzene rings is 2. The largest absolute Gasteiger partial charge is 0.508 e. The van der Waals surface area contributed by atoms with Gasteiger partial charge in [-0.2, -0.15) is 13.2 Å². The number of piperidine rings is 1. The van der Waals surface area contributed by atoms with Gasteiger partial charge in [-0.3, -0.25) is 9.69 Å². The molecule has 2 aliphatic heterocycles. The first-order valence-electron chi connectivity index (χ1n) is 15.8. The van der Waals surface area contributed by atoms with Crippen molar-refractivity contribution in [2.24, 2.45) is 17.8 Å². The fraction of sp³-hybridized carbons (Fsp3) is 0.571. The second kappa shape index (κ2) is 10.6. The van der Waals surface area contributed by atoms with Crippen molar-refractivity contribution in [2.75, 3.05) is 26.7 Å². The summed E-state index contributed by atoms with van der Waals surface area (Å²) in [5.41, 5.74) is 1.28. The first kappa shape index (κ1) is 29.3. The Labute approximate surface area is 256 Å². The standard InChI is InChI=1S/C35H39F3N2O4/c1-20(2)18-40(30(42)13-8-21-6-9-23(10-7-21)35(36,37)38)26-12-11-25-27-16-24-28(41)17-29(43-3)32-31(24)34(25,33(26)44-32)14-15-39(27)19-22-4-5-22/h6-7,9-10,17,20,22,25-27,33,41H,4-5,11-12,14-16,18-19H2,1-3H3/t25-,26+,27+,33-,34-/m0/s1. The van der Waals surface area contributed by atoms with Crippen LogP contribution in [0.25, 0.3) is 0 Å². The van der Waals surface area contributed by atoms with Crippen LogP contribution in [0.2, 0.25) is 0 Å². The van der Waals surface area contributed by atoms with Gasteiger partial charge in [-0.05, 0) is 87.1 Å². The summed E-state index contributed by atoms with van der Waals surface area (Å²) < 4.78 is 51.7. The normalized spacial score (nSPS) is 28.5. The molecule has 0 unspecified atom stereocenters. The zero-order chi connectivity index (χ0) is 31.0. The number of amides is 1. The van der Waals surface area contributed by atoms with Gasteiger partial charge >= 0.3 is 6.18 Å². The lowest BCUT2D eigenvalue weighted by Gasteiger charge is -2.60. The van der Waals surface area contributed by atoms with Crippen molar-refractivity contribution in [3.8, 4) is 29.1 Å². The Kier molecular flexibility index (Phi) is 7.08. The van der Waals surface area contributed by atoms with Gasteiger partial charge in [0.25, 0.3) is 5.91 Å². The highest BCUT2D eigenvalue weighted by Gasteiger charge is 2.67. The lowest BCUT2D eigenvalue weighted by atomic mass is 9.50. The maximum Gasteiger partial charge on any atom is 0.416 e. The fourth-order valence-electron chi connectivity index (χ4n) is 8.68. The van der Waals surface area contributed by atoms with Gasteiger partial charge in [0.1, 0.15) is 11.9 Å². The summed E-state index contributed by atoms with van der Waals surface area (Å²) >= 11 is 0. The van der Waals surface area contributed by atoms with Crippen LogP contribution in [0, 0.1) is 29.6 Å². The SMILES string of the molecule is COc1cc(O)c2c3c1O[C@H]1[C@H](N(CC(C)C)C(=O)C#Cc4ccc(C(F)(F)F)cc4)CC[C@H]4[C@@H](C2)N(CC2CC2)CC[C@@]341. The lowest BCUT2D eigenvalue weighted by molar-refractivity contribution is -0.138. The highest BCUT2D eigenvalue weighted by Crippen LogP contribution is 2.65. The number of rotatable bonds is 6. The van der Waals surface area contributed by atoms with Crippen LogP contribution < -0.4 is 9.47 Å². The van der Waals surface area contributed by atoms with E-state index in [0.717, 1.165) is 68.0 Å². The number of alkyl halides is 3. The monoisotopic (exact) mass is 608 g/mol. The molecule has 9 heteroatoms. The average Bonchev–Trinajstić information content (AvgIpc) is 3.74. The summed E-state index contributed by atoms with van der Waals surface area (Å²) in [6, 6.07) is 6.31. The van der Waals surface area contributed by atoms with Gasteiger partial charge in [0.15, 0.2) is 11.5 Å². The third-order valence-electron chi connectivity index (χ3n) is 10.7. The predicted molar refractivity (Wildman–Crippen MR) is 159 cm³/mol. The van der Waals surface area contributed by atoms with E-state index in [1.165, 1.54) is 25.0 Å². The molecule has 3 fully saturated rings. The van der Waals surface area contributed by atoms with Crippen LogP contribution in [0.1, 0.15) is 68.2 Å². The van der Waals surface area contributed by atoms with Gasteiger partial charge in [0.2, 0.25) is 0 Å². The predicted octanol–water partition coefficient (Wildman–Crippen LogP) is 5.77. The van der Waals surface area contributed by atoms with Crippen molar-refractivity contribution < 1.29 is 32.5 Å². The van der Waals surface area contributed by atoms with Crippen molar-refractivity contribution in [1.29, 1.82) is 0 Å². The van der Waals surface area contributed by atoms with Gasteiger partial charge in [-0.25, -0.2) is 0 Å². The van der Waals surface area contributed by atoms with Crippen LogP contribution >= 0.6 is 0 Å². The topological polar surface area (TPSA) is 62.2 Å². The molecule has 0 radical (unpaired) electrons. The summed E-state index contributed by atoms with van der Waals surface area (Å²) in [6.07, 6.45) is 1.20. The maximum atomic E-state index is 13.9. The van der Waals surface area contributed by atoms with E-state index >= 15 is 0 Å². The number of phenols is 1. The number of hydrogen-bond donors (Lipinski definition) is 1. The summed E-state index contributed by atoms with van der Waals surface area (Å²) in [5, 5.41) is 11.3. The molecule has 2 saturated carbocycles. The summed E-state index contributed by atoms with van der Waals surface area (Å²) in [4.78, 5) is 18.4. The molecule has 5 aliphatic rings. The number of likely N-dealkylation sites (tertiary alicyclic amines) is 1. The molecule has 0 aromatic heterocycles. The van der Waals surface area contributed by atoms with Gasteiger partial charge in [-0.1, -0.05) is 19.8 Å². The smallest absolute Gasteiger partial charge is 0.416 e. The van der Waals surface area contributed by atoms with Crippen molar-refractivity contribution in [2.45, 2.75) is 82.2 Å². The van der Waals surface area contributed by atoms with Crippen molar-refractivity contribution in [3.63, 3.8) is 0 Å². The summed E-state index contributed by atoms with van der Waals surface area (Å²) in [5.74, 6) is 7.94. The van der Waals surface area contributed by atoms with Crippen LogP contribution in [-0.4, -0.2) is 65.7 Å². The Balaban J connectivity index is 1.25. The lowest BCUT2D eigenvalue weighted by Crippen LogP contribution is -2.69. The van der Waals surface area contributed by atoms with E-state index in [1.54, 1.807) is 13.2 Å². The van der Waals surface area contributed by atoms with Crippen LogP contribution in [0.5, 0.6) is 17.2 Å². The minimum Gasteiger partial charge on any atom is -0.508 e. The first-order valence-corrected chi connectivity index (χ1v) is 15.8. The van der Waals surface area contributed by atoms with Crippen LogP contribution in [0.3, 0.4) is 0 Å². The van der Waals surface area contributed by atoms with Gasteiger partial charge in [-0.15, -0.1) is 0 Å². The molecule has 1 spiro atoms. The molecule has 7 rings (SSSR count). The summed E-state index contributed by atoms with van der Waals surface area (Å²) in [7, 11) is 1.59. The van der Waals surface area contributed by atoms with Crippen molar-refractivity contribution in [1.82, 2.24) is 9.80 Å². The Morgan fingerprint density at radius 3 is 2.61 bits per heavy atom. The molecule has 1 amide bonds. The van der Waals surface area contributed by atoms with E-state index in [0.29, 0.717) is 35.6 Å². The number of hydrogen-bond acceptors (Lipinski definition) is 5. The number of aromatic hydroxyl groups is 1. The van der Waals surface area contributed by atoms with E-state index in [2.05, 4.69) is 30.6 Å². The molecule has 2 bridgehead atoms. The molecule has 1 N–H and O–H groups in total. The van der Waals surface area contributed by atoms with E-state index in [1.807, 2.05) is 4.90 Å². The molecular weight excluding hydrogens is 569 g/mol. The molecule has 5 atom stereocenters. The number of carbonyl (C=O) groups excluding carboxylic acids is 1. The number of methoxy groups -OCH3 is 1. The molecule has 3 aliphatic carbocycles. The fourth-order valence-corrected chi connectivity index (χ4v) is 8.68. The molecule has 234 valence electrons. The summed E-state index contributed by atoms with van der Waals surface area (Å²) in [6.45, 7) is 6.65. The second-order valence-corrected chi connectivity index (χ2v) is 13.7. The second-order valence-electron chi connectivity index (χ2n) is 13.7. The number of carbonyl (C=O) groups is 1. The Hall–Kier alpha value is -3.38. The van der Waals surface area contributed by atoms with Gasteiger partial charge < -0.3 is 19.5 Å². The molecule has 6 nitrogen and oxygen atoms in total. The van der Waals surface area contributed by atoms with Crippen LogP contribution in [0.4, 0.5) is 13.2 Å². The van der Waals surface area contributed by atoms with Gasteiger partial charge in [0.05, 0.1) is 18.7 Å². The van der Waals surface area contributed by atoms with Crippen LogP contribution in [-0.2, 0) is 22.8 Å². The molecule has 2 aromatic carbocycles. The molecule has 44 heavy (non-hydrogen) atoms. The quantitative estimate of drug-likeness (QED) is 0.422. The molecular formula is C35H39F3N2O4. The highest BCUT2D eigenvalue weighted by atomic mass is 19.4. The van der Waals surface area contributed by atoms with Crippen molar-refractivity contribution in [3.05, 3.63) is 52.6 Å². The molecule has 2 heterocycles. The van der Waals surface area contributed by atoms with E-state index in [4.69, 9.17) is 9.47 Å². The number of phenolic OH excluding ortho intramolecular Hbond substituents is 1. The maximum absolute atomic E-state index is 13.9. The zero-order valence-electron chi connectivity index (χ0n) is 25.4. The minimum absolute atomic E-state index is 0.166. The van der Waals surface area contributed by atoms with Gasteiger partial charge in [0, 0.05) is 53.2 Å². The number of ether oxygens (including phenoxy) is 2. The van der Waals surface area contributed by atoms with E-state index in [9.17, 15) is 23.1 Å². The minimum atomic E-state index is -4.43. The number of nitrogens with zero attached hydrogens (tertiary/aromatic N) is 2. The van der Waals surface area contributed by atoms with Crippen LogP contribution in [0.15, 0.2) is 30.3 Å². The third kappa shape index (κ3) is 4.72. The number of halogens is 3. The third-order valence-corrected chi connectivity index (χ3v) is 10.7. The Morgan fingerprint density at radius 2 is 1.95 bits per heavy atom. The van der Waals surface area contributed by atoms with E-state index < -0.39 is 11.7 Å². The van der Waals surface area contributed by atoms with E-state index in [-0.39, 0.29) is 35.1 Å². The molecule has 2 aromatic rings. The Bertz CT molecular complexity index is 1520. The molecule has 1 saturated heterocycles. The Morgan fingerprint density at radius 1 is 1.20 bits per heavy atom. The zero-order valence-corrected chi connectivity index (χ0v) is 25.4. The average molecular weight is 609 g/mol. The first-order chi connectivity index (χ1) is 21.0. The highest BCUT2D eigenvalue weighted by molar-refractivity contribution is 5.94.